The van der Waals surface area contributed by atoms with Crippen LogP contribution >= 0.6 is 7.60 Å². The standard InChI is InChI=1S/C24H51O3P/c1-3-5-7-9-11-13-15-17-19-21-23-24(28(25,26)27)22-20-18-16-14-12-10-8-6-4-2/h24H,3-23H2,1-2H3,(H2,25,26,27). The summed E-state index contributed by atoms with van der Waals surface area (Å²) >= 11 is 0. The average molecular weight is 419 g/mol. The van der Waals surface area contributed by atoms with Gasteiger partial charge in [0.05, 0.1) is 5.66 Å². The smallest absolute Gasteiger partial charge is 0.324 e. The summed E-state index contributed by atoms with van der Waals surface area (Å²) in [6, 6.07) is 0. The summed E-state index contributed by atoms with van der Waals surface area (Å²) in [5, 5.41) is 0. The van der Waals surface area contributed by atoms with E-state index >= 15 is 0 Å². The first-order valence-electron chi connectivity index (χ1n) is 12.6. The monoisotopic (exact) mass is 418 g/mol. The third kappa shape index (κ3) is 19.5. The molecular weight excluding hydrogens is 367 g/mol. The highest BCUT2D eigenvalue weighted by molar-refractivity contribution is 7.52. The van der Waals surface area contributed by atoms with E-state index in [-0.39, 0.29) is 0 Å². The van der Waals surface area contributed by atoms with Crippen molar-refractivity contribution in [2.75, 3.05) is 0 Å². The zero-order valence-electron chi connectivity index (χ0n) is 19.2. The van der Waals surface area contributed by atoms with Gasteiger partial charge in [0.2, 0.25) is 0 Å². The molecule has 0 aliphatic rings. The predicted molar refractivity (Wildman–Crippen MR) is 124 cm³/mol. The molecule has 0 fully saturated rings. The van der Waals surface area contributed by atoms with Gasteiger partial charge in [0, 0.05) is 0 Å². The van der Waals surface area contributed by atoms with Gasteiger partial charge in [-0.3, -0.25) is 4.57 Å². The number of hydrogen-bond donors (Lipinski definition) is 2. The van der Waals surface area contributed by atoms with Gasteiger partial charge in [-0.15, -0.1) is 0 Å². The molecule has 0 aromatic carbocycles. The first-order chi connectivity index (χ1) is 13.5. The fraction of sp³-hybridized carbons (Fsp3) is 1.00. The molecule has 0 aliphatic carbocycles. The van der Waals surface area contributed by atoms with Crippen molar-refractivity contribution in [3.63, 3.8) is 0 Å². The molecule has 0 aliphatic heterocycles. The van der Waals surface area contributed by atoms with E-state index < -0.39 is 13.3 Å². The molecule has 28 heavy (non-hydrogen) atoms. The van der Waals surface area contributed by atoms with Crippen LogP contribution in [0.5, 0.6) is 0 Å². The van der Waals surface area contributed by atoms with Crippen molar-refractivity contribution >= 4 is 7.60 Å². The van der Waals surface area contributed by atoms with Crippen LogP contribution in [0.2, 0.25) is 0 Å². The van der Waals surface area contributed by atoms with Gasteiger partial charge in [-0.25, -0.2) is 0 Å². The van der Waals surface area contributed by atoms with Crippen LogP contribution in [-0.4, -0.2) is 15.4 Å². The van der Waals surface area contributed by atoms with Crippen LogP contribution in [0.4, 0.5) is 0 Å². The highest BCUT2D eigenvalue weighted by Gasteiger charge is 2.27. The van der Waals surface area contributed by atoms with Crippen LogP contribution < -0.4 is 0 Å². The van der Waals surface area contributed by atoms with Crippen LogP contribution in [0.1, 0.15) is 149 Å². The summed E-state index contributed by atoms with van der Waals surface area (Å²) in [4.78, 5) is 19.3. The van der Waals surface area contributed by atoms with Crippen molar-refractivity contribution in [1.29, 1.82) is 0 Å². The van der Waals surface area contributed by atoms with Crippen molar-refractivity contribution in [2.45, 2.75) is 154 Å². The number of hydrogen-bond acceptors (Lipinski definition) is 1. The molecular formula is C24H51O3P. The van der Waals surface area contributed by atoms with E-state index in [1.807, 2.05) is 0 Å². The quantitative estimate of drug-likeness (QED) is 0.136. The molecule has 0 spiro atoms. The van der Waals surface area contributed by atoms with Crippen molar-refractivity contribution in [1.82, 2.24) is 0 Å². The van der Waals surface area contributed by atoms with E-state index in [0.29, 0.717) is 12.8 Å². The van der Waals surface area contributed by atoms with Gasteiger partial charge in [-0.1, -0.05) is 136 Å². The van der Waals surface area contributed by atoms with E-state index in [1.165, 1.54) is 96.3 Å². The Morgan fingerprint density at radius 3 is 1.00 bits per heavy atom. The molecule has 1 unspecified atom stereocenters. The highest BCUT2D eigenvalue weighted by Crippen LogP contribution is 2.46. The molecule has 0 saturated heterocycles. The molecule has 2 N–H and O–H groups in total. The molecule has 0 aromatic rings. The van der Waals surface area contributed by atoms with E-state index in [9.17, 15) is 14.4 Å². The molecule has 0 heterocycles. The maximum absolute atomic E-state index is 11.8. The minimum atomic E-state index is -3.93. The normalized spacial score (nSPS) is 13.1. The Hall–Kier alpha value is 0.150. The van der Waals surface area contributed by atoms with Gasteiger partial charge >= 0.3 is 7.60 Å². The summed E-state index contributed by atoms with van der Waals surface area (Å²) < 4.78 is 11.8. The minimum absolute atomic E-state index is 0.397. The average Bonchev–Trinajstić information content (AvgIpc) is 2.65. The van der Waals surface area contributed by atoms with Crippen LogP contribution in [0, 0.1) is 0 Å². The summed E-state index contributed by atoms with van der Waals surface area (Å²) in [5.41, 5.74) is -0.397. The van der Waals surface area contributed by atoms with Crippen molar-refractivity contribution in [3.8, 4) is 0 Å². The van der Waals surface area contributed by atoms with Gasteiger partial charge in [0.1, 0.15) is 0 Å². The molecule has 0 saturated carbocycles. The van der Waals surface area contributed by atoms with Gasteiger partial charge in [0.25, 0.3) is 0 Å². The fourth-order valence-corrected chi connectivity index (χ4v) is 5.08. The van der Waals surface area contributed by atoms with Crippen LogP contribution in [-0.2, 0) is 4.57 Å². The van der Waals surface area contributed by atoms with Crippen LogP contribution in [0.3, 0.4) is 0 Å². The van der Waals surface area contributed by atoms with E-state index in [4.69, 9.17) is 0 Å². The lowest BCUT2D eigenvalue weighted by molar-refractivity contribution is 0.345. The summed E-state index contributed by atoms with van der Waals surface area (Å²) in [6.45, 7) is 4.49. The van der Waals surface area contributed by atoms with Crippen molar-refractivity contribution in [2.24, 2.45) is 0 Å². The second-order valence-corrected chi connectivity index (χ2v) is 10.7. The SMILES string of the molecule is CCCCCCCCCCCCC(CCCCCCCCCCC)P(=O)(O)O. The Bertz CT molecular complexity index is 354. The number of rotatable bonds is 22. The third-order valence-corrected chi connectivity index (χ3v) is 7.48. The molecule has 0 rings (SSSR count). The molecule has 0 radical (unpaired) electrons. The zero-order valence-corrected chi connectivity index (χ0v) is 20.1. The summed E-state index contributed by atoms with van der Waals surface area (Å²) in [7, 11) is -3.93. The Balaban J connectivity index is 3.63. The fourth-order valence-electron chi connectivity index (χ4n) is 4.04. The Kier molecular flexibility index (Phi) is 20.5. The topological polar surface area (TPSA) is 57.5 Å². The lowest BCUT2D eigenvalue weighted by atomic mass is 10.0. The van der Waals surface area contributed by atoms with Gasteiger partial charge in [-0.05, 0) is 12.8 Å². The lowest BCUT2D eigenvalue weighted by Crippen LogP contribution is -2.08. The Morgan fingerprint density at radius 1 is 0.500 bits per heavy atom. The second-order valence-electron chi connectivity index (χ2n) is 8.83. The van der Waals surface area contributed by atoms with Crippen molar-refractivity contribution in [3.05, 3.63) is 0 Å². The van der Waals surface area contributed by atoms with Crippen molar-refractivity contribution < 1.29 is 14.4 Å². The molecule has 3 nitrogen and oxygen atoms in total. The van der Waals surface area contributed by atoms with E-state index in [2.05, 4.69) is 13.8 Å². The molecule has 0 amide bonds. The third-order valence-electron chi connectivity index (χ3n) is 6.01. The Labute approximate surface area is 176 Å². The largest absolute Gasteiger partial charge is 0.328 e. The van der Waals surface area contributed by atoms with Crippen LogP contribution in [0.15, 0.2) is 0 Å². The van der Waals surface area contributed by atoms with Gasteiger partial charge < -0.3 is 9.79 Å². The second kappa shape index (κ2) is 20.4. The Morgan fingerprint density at radius 2 is 0.750 bits per heavy atom. The first-order valence-corrected chi connectivity index (χ1v) is 14.3. The molecule has 0 bridgehead atoms. The summed E-state index contributed by atoms with van der Waals surface area (Å²) in [6.07, 6.45) is 25.4. The van der Waals surface area contributed by atoms with Crippen LogP contribution in [0.25, 0.3) is 0 Å². The maximum atomic E-state index is 11.8. The number of unbranched alkanes of at least 4 members (excludes halogenated alkanes) is 17. The van der Waals surface area contributed by atoms with E-state index in [1.54, 1.807) is 0 Å². The first kappa shape index (κ1) is 28.1. The molecule has 1 atom stereocenters. The molecule has 4 heteroatoms. The van der Waals surface area contributed by atoms with Gasteiger partial charge in [0.15, 0.2) is 0 Å². The highest BCUT2D eigenvalue weighted by atomic mass is 31.2. The minimum Gasteiger partial charge on any atom is -0.324 e. The maximum Gasteiger partial charge on any atom is 0.328 e. The lowest BCUT2D eigenvalue weighted by Gasteiger charge is -2.18. The molecule has 0 aromatic heterocycles. The predicted octanol–water partition coefficient (Wildman–Crippen LogP) is 8.76. The van der Waals surface area contributed by atoms with E-state index in [0.717, 1.165) is 25.7 Å². The summed E-state index contributed by atoms with van der Waals surface area (Å²) in [5.74, 6) is 0. The zero-order chi connectivity index (χ0) is 20.9. The molecule has 170 valence electrons. The van der Waals surface area contributed by atoms with Gasteiger partial charge in [-0.2, -0.15) is 0 Å².